The van der Waals surface area contributed by atoms with Gasteiger partial charge in [0.1, 0.15) is 5.82 Å². The van der Waals surface area contributed by atoms with Crippen molar-refractivity contribution in [3.05, 3.63) is 67.7 Å². The number of nitrogens with one attached hydrogen (secondary N) is 2. The van der Waals surface area contributed by atoms with E-state index in [1.54, 1.807) is 0 Å². The Bertz CT molecular complexity index is 810. The predicted molar refractivity (Wildman–Crippen MR) is 73.2 cm³/mol. The molecule has 0 fully saturated rings. The minimum absolute atomic E-state index is 0.117. The van der Waals surface area contributed by atoms with Crippen LogP contribution in [0, 0.1) is 12.7 Å². The Balaban J connectivity index is 2.44. The van der Waals surface area contributed by atoms with Crippen LogP contribution in [-0.4, -0.2) is 15.5 Å². The lowest BCUT2D eigenvalue weighted by atomic mass is 10.1. The molecule has 4 N–H and O–H groups in total. The summed E-state index contributed by atoms with van der Waals surface area (Å²) in [5.74, 6) is 3.88. The third-order valence-corrected chi connectivity index (χ3v) is 2.97. The van der Waals surface area contributed by atoms with Crippen molar-refractivity contribution >= 4 is 5.91 Å². The lowest BCUT2D eigenvalue weighted by molar-refractivity contribution is 0.0953. The van der Waals surface area contributed by atoms with Gasteiger partial charge < -0.3 is 0 Å². The second kappa shape index (κ2) is 5.71. The van der Waals surface area contributed by atoms with Crippen LogP contribution in [-0.2, 0) is 6.54 Å². The maximum atomic E-state index is 13.8. The van der Waals surface area contributed by atoms with Gasteiger partial charge in [0.25, 0.3) is 11.5 Å². The number of nitrogens with two attached hydrogens (primary N) is 1. The first-order valence-corrected chi connectivity index (χ1v) is 6.02. The van der Waals surface area contributed by atoms with E-state index in [4.69, 9.17) is 5.84 Å². The van der Waals surface area contributed by atoms with Gasteiger partial charge in [-0.1, -0.05) is 0 Å². The Labute approximate surface area is 118 Å². The molecule has 1 amide bonds. The Hall–Kier alpha value is -2.74. The number of hydrogen-bond acceptors (Lipinski definition) is 4. The zero-order valence-electron chi connectivity index (χ0n) is 11.1. The van der Waals surface area contributed by atoms with Crippen molar-refractivity contribution in [1.82, 2.24) is 15.0 Å². The zero-order valence-corrected chi connectivity index (χ0v) is 11.1. The standard InChI is InChI=1S/C13H13FN4O3/c1-7-5-18(13(21)16-11(7)19)6-9-4-8(12(20)17-15)2-3-10(9)14/h2-5H,6,15H2,1H3,(H,17,20)(H,16,19,21). The number of carbonyl (C=O) groups excluding carboxylic acids is 1. The minimum Gasteiger partial charge on any atom is -0.296 e. The van der Waals surface area contributed by atoms with Crippen LogP contribution in [0.4, 0.5) is 4.39 Å². The van der Waals surface area contributed by atoms with Crippen molar-refractivity contribution in [3.8, 4) is 0 Å². The molecule has 0 spiro atoms. The number of carbonyl (C=O) groups is 1. The van der Waals surface area contributed by atoms with Gasteiger partial charge in [0.2, 0.25) is 0 Å². The second-order valence-corrected chi connectivity index (χ2v) is 4.48. The van der Waals surface area contributed by atoms with Crippen LogP contribution in [0.3, 0.4) is 0 Å². The summed E-state index contributed by atoms with van der Waals surface area (Å²) in [6.07, 6.45) is 1.33. The number of amides is 1. The third-order valence-electron chi connectivity index (χ3n) is 2.97. The molecule has 0 aliphatic heterocycles. The van der Waals surface area contributed by atoms with Crippen molar-refractivity contribution in [2.45, 2.75) is 13.5 Å². The molecular weight excluding hydrogens is 279 g/mol. The molecule has 1 aromatic carbocycles. The number of aromatic nitrogens is 2. The number of hydrazine groups is 1. The highest BCUT2D eigenvalue weighted by Crippen LogP contribution is 2.11. The molecule has 0 aliphatic rings. The summed E-state index contributed by atoms with van der Waals surface area (Å²) < 4.78 is 14.9. The van der Waals surface area contributed by atoms with Crippen LogP contribution < -0.4 is 22.5 Å². The van der Waals surface area contributed by atoms with Gasteiger partial charge >= 0.3 is 5.69 Å². The summed E-state index contributed by atoms with van der Waals surface area (Å²) in [6, 6.07) is 3.69. The number of aromatic amines is 1. The smallest absolute Gasteiger partial charge is 0.296 e. The molecule has 110 valence electrons. The first-order valence-electron chi connectivity index (χ1n) is 6.02. The third kappa shape index (κ3) is 3.06. The first kappa shape index (κ1) is 14.7. The number of halogens is 1. The van der Waals surface area contributed by atoms with Gasteiger partial charge in [0.15, 0.2) is 0 Å². The minimum atomic E-state index is -0.654. The summed E-state index contributed by atoms with van der Waals surface area (Å²) in [7, 11) is 0. The summed E-state index contributed by atoms with van der Waals surface area (Å²) in [5, 5.41) is 0. The monoisotopic (exact) mass is 292 g/mol. The normalized spacial score (nSPS) is 10.4. The van der Waals surface area contributed by atoms with E-state index in [0.29, 0.717) is 5.56 Å². The lowest BCUT2D eigenvalue weighted by Crippen LogP contribution is -2.32. The molecule has 0 saturated carbocycles. The van der Waals surface area contributed by atoms with Gasteiger partial charge in [-0.2, -0.15) is 0 Å². The molecule has 8 heteroatoms. The highest BCUT2D eigenvalue weighted by molar-refractivity contribution is 5.93. The molecule has 0 bridgehead atoms. The van der Waals surface area contributed by atoms with Crippen molar-refractivity contribution in [2.75, 3.05) is 0 Å². The summed E-state index contributed by atoms with van der Waals surface area (Å²) in [4.78, 5) is 36.5. The maximum Gasteiger partial charge on any atom is 0.328 e. The summed E-state index contributed by atoms with van der Waals surface area (Å²) >= 11 is 0. The molecule has 2 aromatic rings. The lowest BCUT2D eigenvalue weighted by Gasteiger charge is -2.09. The number of benzene rings is 1. The van der Waals surface area contributed by atoms with Crippen LogP contribution in [0.5, 0.6) is 0 Å². The molecule has 1 heterocycles. The number of H-pyrrole nitrogens is 1. The highest BCUT2D eigenvalue weighted by Gasteiger charge is 2.10. The SMILES string of the molecule is Cc1cn(Cc2cc(C(=O)NN)ccc2F)c(=O)[nH]c1=O. The fourth-order valence-electron chi connectivity index (χ4n) is 1.84. The molecule has 0 aliphatic carbocycles. The Morgan fingerprint density at radius 2 is 2.14 bits per heavy atom. The van der Waals surface area contributed by atoms with E-state index in [0.717, 1.165) is 10.6 Å². The Morgan fingerprint density at radius 3 is 2.81 bits per heavy atom. The van der Waals surface area contributed by atoms with E-state index in [2.05, 4.69) is 4.98 Å². The molecule has 0 atom stereocenters. The number of aryl methyl sites for hydroxylation is 1. The van der Waals surface area contributed by atoms with Gasteiger partial charge in [0.05, 0.1) is 6.54 Å². The predicted octanol–water partition coefficient (Wildman–Crippen LogP) is -0.364. The Kier molecular flexibility index (Phi) is 3.99. The average Bonchev–Trinajstić information content (AvgIpc) is 2.46. The van der Waals surface area contributed by atoms with E-state index >= 15 is 0 Å². The van der Waals surface area contributed by atoms with Gasteiger partial charge in [-0.25, -0.2) is 15.0 Å². The zero-order chi connectivity index (χ0) is 15.6. The molecule has 0 saturated heterocycles. The van der Waals surface area contributed by atoms with E-state index in [-0.39, 0.29) is 17.7 Å². The van der Waals surface area contributed by atoms with Crippen molar-refractivity contribution in [2.24, 2.45) is 5.84 Å². The van der Waals surface area contributed by atoms with Crippen LogP contribution in [0.1, 0.15) is 21.5 Å². The molecule has 0 radical (unpaired) electrons. The van der Waals surface area contributed by atoms with Gasteiger partial charge in [-0.05, 0) is 25.1 Å². The number of nitrogens with zero attached hydrogens (tertiary/aromatic N) is 1. The van der Waals surface area contributed by atoms with Crippen LogP contribution in [0.15, 0.2) is 34.0 Å². The van der Waals surface area contributed by atoms with Crippen LogP contribution >= 0.6 is 0 Å². The first-order chi connectivity index (χ1) is 9.92. The Morgan fingerprint density at radius 1 is 1.43 bits per heavy atom. The van der Waals surface area contributed by atoms with E-state index in [1.807, 2.05) is 5.43 Å². The second-order valence-electron chi connectivity index (χ2n) is 4.48. The van der Waals surface area contributed by atoms with Crippen LogP contribution in [0.2, 0.25) is 0 Å². The van der Waals surface area contributed by atoms with Crippen molar-refractivity contribution < 1.29 is 9.18 Å². The number of rotatable bonds is 3. The topological polar surface area (TPSA) is 110 Å². The van der Waals surface area contributed by atoms with E-state index < -0.39 is 23.0 Å². The van der Waals surface area contributed by atoms with Crippen LogP contribution in [0.25, 0.3) is 0 Å². The molecule has 2 rings (SSSR count). The van der Waals surface area contributed by atoms with Gasteiger partial charge in [-0.15, -0.1) is 0 Å². The molecule has 0 unspecified atom stereocenters. The quantitative estimate of drug-likeness (QED) is 0.407. The molecule has 21 heavy (non-hydrogen) atoms. The summed E-state index contributed by atoms with van der Waals surface area (Å²) in [6.45, 7) is 1.41. The largest absolute Gasteiger partial charge is 0.328 e. The highest BCUT2D eigenvalue weighted by atomic mass is 19.1. The summed E-state index contributed by atoms with van der Waals surface area (Å²) in [5.41, 5.74) is 1.42. The molecular formula is C13H13FN4O3. The fourth-order valence-corrected chi connectivity index (χ4v) is 1.84. The van der Waals surface area contributed by atoms with Gasteiger partial charge in [-0.3, -0.25) is 24.6 Å². The number of nitrogen functional groups attached to an aromatic ring is 1. The molecule has 1 aromatic heterocycles. The van der Waals surface area contributed by atoms with Gasteiger partial charge in [0, 0.05) is 22.9 Å². The maximum absolute atomic E-state index is 13.8. The van der Waals surface area contributed by atoms with Crippen molar-refractivity contribution in [1.29, 1.82) is 0 Å². The fraction of sp³-hybridized carbons (Fsp3) is 0.154. The van der Waals surface area contributed by atoms with E-state index in [9.17, 15) is 18.8 Å². The number of hydrogen-bond donors (Lipinski definition) is 3. The van der Waals surface area contributed by atoms with E-state index in [1.165, 1.54) is 25.3 Å². The molecule has 7 nitrogen and oxygen atoms in total. The average molecular weight is 292 g/mol. The van der Waals surface area contributed by atoms with Crippen molar-refractivity contribution in [3.63, 3.8) is 0 Å².